The number of aromatic nitrogens is 1. The van der Waals surface area contributed by atoms with Gasteiger partial charge in [0.1, 0.15) is 11.6 Å². The van der Waals surface area contributed by atoms with Crippen LogP contribution in [0.1, 0.15) is 13.8 Å². The molecular weight excluding hydrogens is 164 g/mol. The highest BCUT2D eigenvalue weighted by Gasteiger charge is 2.06. The second kappa shape index (κ2) is 4.12. The lowest BCUT2D eigenvalue weighted by atomic mass is 10.3. The first kappa shape index (κ1) is 9.84. The summed E-state index contributed by atoms with van der Waals surface area (Å²) in [6.45, 7) is 4.25. The van der Waals surface area contributed by atoms with E-state index in [9.17, 15) is 0 Å². The average Bonchev–Trinajstić information content (AvgIpc) is 2.16. The Morgan fingerprint density at radius 1 is 1.46 bits per heavy atom. The van der Waals surface area contributed by atoms with Crippen molar-refractivity contribution in [2.45, 2.75) is 19.9 Å². The number of ether oxygens (including phenoxy) is 1. The van der Waals surface area contributed by atoms with Crippen LogP contribution in [0.3, 0.4) is 0 Å². The molecule has 1 aromatic rings. The zero-order valence-electron chi connectivity index (χ0n) is 8.61. The van der Waals surface area contributed by atoms with Gasteiger partial charge in [-0.05, 0) is 19.9 Å². The molecule has 0 N–H and O–H groups in total. The summed E-state index contributed by atoms with van der Waals surface area (Å²) < 4.78 is 5.12. The van der Waals surface area contributed by atoms with Gasteiger partial charge in [0, 0.05) is 25.4 Å². The molecule has 0 spiro atoms. The van der Waals surface area contributed by atoms with Crippen molar-refractivity contribution in [3.8, 4) is 5.75 Å². The van der Waals surface area contributed by atoms with Gasteiger partial charge >= 0.3 is 0 Å². The number of anilines is 1. The van der Waals surface area contributed by atoms with E-state index in [1.807, 2.05) is 19.2 Å². The number of methoxy groups -OCH3 is 1. The predicted octanol–water partition coefficient (Wildman–Crippen LogP) is 1.93. The first-order chi connectivity index (χ1) is 6.15. The van der Waals surface area contributed by atoms with E-state index in [4.69, 9.17) is 4.74 Å². The fourth-order valence-corrected chi connectivity index (χ4v) is 0.984. The van der Waals surface area contributed by atoms with Crippen LogP contribution in [0.5, 0.6) is 5.75 Å². The van der Waals surface area contributed by atoms with Crippen LogP contribution in [-0.4, -0.2) is 25.2 Å². The minimum absolute atomic E-state index is 0.444. The van der Waals surface area contributed by atoms with Crippen LogP contribution in [0.25, 0.3) is 0 Å². The first-order valence-corrected chi connectivity index (χ1v) is 4.38. The van der Waals surface area contributed by atoms with Gasteiger partial charge in [0.15, 0.2) is 0 Å². The molecule has 0 fully saturated rings. The third-order valence-corrected chi connectivity index (χ3v) is 2.09. The van der Waals surface area contributed by atoms with Crippen LogP contribution < -0.4 is 9.64 Å². The van der Waals surface area contributed by atoms with E-state index >= 15 is 0 Å². The molecule has 3 nitrogen and oxygen atoms in total. The molecule has 0 unspecified atom stereocenters. The lowest BCUT2D eigenvalue weighted by Gasteiger charge is -2.22. The third-order valence-electron chi connectivity index (χ3n) is 2.09. The number of pyridine rings is 1. The SMILES string of the molecule is COc1ccnc(N(C)C(C)C)c1. The molecule has 3 heteroatoms. The van der Waals surface area contributed by atoms with Gasteiger partial charge in [-0.1, -0.05) is 0 Å². The molecule has 0 atom stereocenters. The molecule has 13 heavy (non-hydrogen) atoms. The predicted molar refractivity (Wildman–Crippen MR) is 54.3 cm³/mol. The minimum atomic E-state index is 0.444. The number of hydrogen-bond acceptors (Lipinski definition) is 3. The fraction of sp³-hybridized carbons (Fsp3) is 0.500. The minimum Gasteiger partial charge on any atom is -0.497 e. The van der Waals surface area contributed by atoms with Crippen molar-refractivity contribution in [1.82, 2.24) is 4.98 Å². The molecule has 0 aromatic carbocycles. The Morgan fingerprint density at radius 3 is 2.69 bits per heavy atom. The van der Waals surface area contributed by atoms with E-state index in [2.05, 4.69) is 23.7 Å². The molecular formula is C10H16N2O. The Balaban J connectivity index is 2.88. The maximum absolute atomic E-state index is 5.12. The van der Waals surface area contributed by atoms with Crippen LogP contribution in [0, 0.1) is 0 Å². The van der Waals surface area contributed by atoms with Crippen molar-refractivity contribution in [2.24, 2.45) is 0 Å². The fourth-order valence-electron chi connectivity index (χ4n) is 0.984. The van der Waals surface area contributed by atoms with E-state index in [0.29, 0.717) is 6.04 Å². The Labute approximate surface area is 79.3 Å². The molecule has 0 radical (unpaired) electrons. The Morgan fingerprint density at radius 2 is 2.15 bits per heavy atom. The Kier molecular flexibility index (Phi) is 3.12. The summed E-state index contributed by atoms with van der Waals surface area (Å²) in [6, 6.07) is 4.22. The zero-order valence-corrected chi connectivity index (χ0v) is 8.61. The van der Waals surface area contributed by atoms with Crippen LogP contribution in [0.2, 0.25) is 0 Å². The van der Waals surface area contributed by atoms with Gasteiger partial charge in [-0.3, -0.25) is 0 Å². The summed E-state index contributed by atoms with van der Waals surface area (Å²) >= 11 is 0. The lowest BCUT2D eigenvalue weighted by Crippen LogP contribution is -2.26. The van der Waals surface area contributed by atoms with Crippen molar-refractivity contribution in [2.75, 3.05) is 19.1 Å². The molecule has 0 amide bonds. The first-order valence-electron chi connectivity index (χ1n) is 4.38. The number of rotatable bonds is 3. The highest BCUT2D eigenvalue weighted by Crippen LogP contribution is 2.17. The van der Waals surface area contributed by atoms with Crippen molar-refractivity contribution < 1.29 is 4.74 Å². The van der Waals surface area contributed by atoms with Crippen molar-refractivity contribution in [3.63, 3.8) is 0 Å². The molecule has 0 saturated carbocycles. The third kappa shape index (κ3) is 2.34. The maximum Gasteiger partial charge on any atom is 0.132 e. The average molecular weight is 180 g/mol. The smallest absolute Gasteiger partial charge is 0.132 e. The van der Waals surface area contributed by atoms with Crippen molar-refractivity contribution >= 4 is 5.82 Å². The summed E-state index contributed by atoms with van der Waals surface area (Å²) in [5, 5.41) is 0. The number of nitrogens with zero attached hydrogens (tertiary/aromatic N) is 2. The monoisotopic (exact) mass is 180 g/mol. The van der Waals surface area contributed by atoms with Gasteiger partial charge < -0.3 is 9.64 Å². The molecule has 1 rings (SSSR count). The van der Waals surface area contributed by atoms with E-state index in [1.165, 1.54) is 0 Å². The Bertz CT molecular complexity index is 273. The molecule has 0 aliphatic carbocycles. The highest BCUT2D eigenvalue weighted by atomic mass is 16.5. The summed E-state index contributed by atoms with van der Waals surface area (Å²) in [7, 11) is 3.68. The summed E-state index contributed by atoms with van der Waals surface area (Å²) in [5.41, 5.74) is 0. The van der Waals surface area contributed by atoms with Gasteiger partial charge in [-0.2, -0.15) is 0 Å². The molecule has 72 valence electrons. The molecule has 1 aromatic heterocycles. The highest BCUT2D eigenvalue weighted by molar-refractivity contribution is 5.43. The molecule has 1 heterocycles. The maximum atomic E-state index is 5.12. The van der Waals surface area contributed by atoms with Crippen LogP contribution >= 0.6 is 0 Å². The van der Waals surface area contributed by atoms with Gasteiger partial charge in [-0.25, -0.2) is 4.98 Å². The van der Waals surface area contributed by atoms with E-state index in [-0.39, 0.29) is 0 Å². The lowest BCUT2D eigenvalue weighted by molar-refractivity contribution is 0.414. The second-order valence-electron chi connectivity index (χ2n) is 3.26. The summed E-state index contributed by atoms with van der Waals surface area (Å²) in [6.07, 6.45) is 1.76. The van der Waals surface area contributed by atoms with E-state index < -0.39 is 0 Å². The normalized spacial score (nSPS) is 10.2. The van der Waals surface area contributed by atoms with Crippen LogP contribution in [0.15, 0.2) is 18.3 Å². The molecule has 0 aliphatic rings. The number of hydrogen-bond donors (Lipinski definition) is 0. The van der Waals surface area contributed by atoms with Crippen molar-refractivity contribution in [1.29, 1.82) is 0 Å². The van der Waals surface area contributed by atoms with Gasteiger partial charge in [0.05, 0.1) is 7.11 Å². The van der Waals surface area contributed by atoms with Gasteiger partial charge in [0.2, 0.25) is 0 Å². The molecule has 0 bridgehead atoms. The Hall–Kier alpha value is -1.25. The van der Waals surface area contributed by atoms with E-state index in [0.717, 1.165) is 11.6 Å². The van der Waals surface area contributed by atoms with Crippen molar-refractivity contribution in [3.05, 3.63) is 18.3 Å². The van der Waals surface area contributed by atoms with Gasteiger partial charge in [-0.15, -0.1) is 0 Å². The van der Waals surface area contributed by atoms with Crippen LogP contribution in [-0.2, 0) is 0 Å². The summed E-state index contributed by atoms with van der Waals surface area (Å²) in [4.78, 5) is 6.35. The van der Waals surface area contributed by atoms with Crippen LogP contribution in [0.4, 0.5) is 5.82 Å². The topological polar surface area (TPSA) is 25.4 Å². The van der Waals surface area contributed by atoms with E-state index in [1.54, 1.807) is 13.3 Å². The largest absolute Gasteiger partial charge is 0.497 e. The second-order valence-corrected chi connectivity index (χ2v) is 3.26. The zero-order chi connectivity index (χ0) is 9.84. The molecule has 0 saturated heterocycles. The standard InChI is InChI=1S/C10H16N2O/c1-8(2)12(3)10-7-9(13-4)5-6-11-10/h5-8H,1-4H3. The quantitative estimate of drug-likeness (QED) is 0.710. The molecule has 0 aliphatic heterocycles. The summed E-state index contributed by atoms with van der Waals surface area (Å²) in [5.74, 6) is 1.78. The van der Waals surface area contributed by atoms with Gasteiger partial charge in [0.25, 0.3) is 0 Å².